The average molecular weight is 988 g/mol. The molecule has 2 aliphatic rings. The van der Waals surface area contributed by atoms with Crippen molar-refractivity contribution in [1.82, 2.24) is 9.47 Å². The van der Waals surface area contributed by atoms with E-state index in [2.05, 4.69) is 36.9 Å². The van der Waals surface area contributed by atoms with Gasteiger partial charge in [-0.25, -0.2) is 13.2 Å². The van der Waals surface area contributed by atoms with Gasteiger partial charge in [-0.1, -0.05) is 54.1 Å². The maximum Gasteiger partial charge on any atom is 0.432 e. The number of piperidine rings is 1. The molecule has 0 amide bonds. The molecule has 68 heavy (non-hydrogen) atoms. The number of carbonyl (C=O) groups is 1. The van der Waals surface area contributed by atoms with Gasteiger partial charge in [0.05, 0.1) is 22.3 Å². The topological polar surface area (TPSA) is 130 Å². The van der Waals surface area contributed by atoms with E-state index >= 15 is 0 Å². The third kappa shape index (κ3) is 11.4. The molecule has 1 aromatic heterocycles. The second-order valence-electron chi connectivity index (χ2n) is 17.3. The Morgan fingerprint density at radius 2 is 1.49 bits per heavy atom. The zero-order valence-corrected chi connectivity index (χ0v) is 40.1. The van der Waals surface area contributed by atoms with Gasteiger partial charge in [-0.05, 0) is 122 Å². The van der Waals surface area contributed by atoms with Gasteiger partial charge >= 0.3 is 12.1 Å². The summed E-state index contributed by atoms with van der Waals surface area (Å²) in [5.74, 6) is -0.850. The summed E-state index contributed by atoms with van der Waals surface area (Å²) < 4.78 is 74.5. The van der Waals surface area contributed by atoms with Crippen LogP contribution in [0.4, 0.5) is 35.9 Å². The number of aromatic nitrogens is 1. The van der Waals surface area contributed by atoms with E-state index in [1.54, 1.807) is 78.5 Å². The largest absolute Gasteiger partial charge is 0.478 e. The second-order valence-corrected chi connectivity index (χ2v) is 20.5. The van der Waals surface area contributed by atoms with E-state index in [0.717, 1.165) is 71.8 Å². The van der Waals surface area contributed by atoms with E-state index < -0.39 is 33.4 Å². The van der Waals surface area contributed by atoms with E-state index in [1.165, 1.54) is 11.9 Å². The molecule has 17 heteroatoms. The van der Waals surface area contributed by atoms with Gasteiger partial charge in [-0.2, -0.15) is 13.2 Å². The lowest BCUT2D eigenvalue weighted by atomic mass is 9.96. The molecule has 0 bridgehead atoms. The van der Waals surface area contributed by atoms with E-state index in [4.69, 9.17) is 11.6 Å². The highest BCUT2D eigenvalue weighted by atomic mass is 35.5. The number of piperazine rings is 1. The molecule has 11 nitrogen and oxygen atoms in total. The number of benzene rings is 5. The summed E-state index contributed by atoms with van der Waals surface area (Å²) >= 11 is 7.88. The van der Waals surface area contributed by atoms with Gasteiger partial charge in [0.2, 0.25) is 0 Å². The van der Waals surface area contributed by atoms with E-state index in [1.807, 2.05) is 49.4 Å². The number of halogens is 4. The fraction of sp³-hybridized carbons (Fsp3) is 0.314. The van der Waals surface area contributed by atoms with Crippen LogP contribution in [0.3, 0.4) is 0 Å². The van der Waals surface area contributed by atoms with Crippen molar-refractivity contribution < 1.29 is 36.6 Å². The van der Waals surface area contributed by atoms with Gasteiger partial charge in [0.15, 0.2) is 0 Å². The molecule has 3 heterocycles. The number of thioether (sulfide) groups is 1. The molecule has 358 valence electrons. The first-order chi connectivity index (χ1) is 32.5. The molecule has 6 aromatic rings. The second kappa shape index (κ2) is 20.9. The van der Waals surface area contributed by atoms with Gasteiger partial charge in [0, 0.05) is 103 Å². The number of aliphatic hydroxyl groups excluding tert-OH is 1. The summed E-state index contributed by atoms with van der Waals surface area (Å²) in [7, 11) is -2.69. The number of likely N-dealkylation sites (tertiary alicyclic amines) is 1. The van der Waals surface area contributed by atoms with Crippen LogP contribution in [-0.4, -0.2) is 97.8 Å². The third-order valence-electron chi connectivity index (χ3n) is 12.7. The zero-order chi connectivity index (χ0) is 48.2. The Morgan fingerprint density at radius 1 is 0.824 bits per heavy atom. The third-order valence-corrected chi connectivity index (χ3v) is 15.5. The number of sulfonamides is 1. The number of aromatic carboxylic acids is 1. The Kier molecular flexibility index (Phi) is 15.0. The van der Waals surface area contributed by atoms with Gasteiger partial charge in [-0.3, -0.25) is 4.72 Å². The van der Waals surface area contributed by atoms with Crippen molar-refractivity contribution >= 4 is 62.1 Å². The number of carboxylic acids is 1. The van der Waals surface area contributed by atoms with Crippen LogP contribution in [0.15, 0.2) is 131 Å². The molecule has 2 saturated heterocycles. The number of nitrogens with one attached hydrogen (secondary N) is 2. The van der Waals surface area contributed by atoms with Crippen molar-refractivity contribution in [2.75, 3.05) is 71.4 Å². The number of hydrogen-bond acceptors (Lipinski definition) is 9. The molecule has 4 N–H and O–H groups in total. The first-order valence-corrected chi connectivity index (χ1v) is 25.4. The Balaban J connectivity index is 0.912. The van der Waals surface area contributed by atoms with E-state index in [9.17, 15) is 36.6 Å². The summed E-state index contributed by atoms with van der Waals surface area (Å²) in [6.07, 6.45) is -2.69. The summed E-state index contributed by atoms with van der Waals surface area (Å²) in [6.45, 7) is 6.90. The van der Waals surface area contributed by atoms with Crippen LogP contribution < -0.4 is 19.8 Å². The highest BCUT2D eigenvalue weighted by Crippen LogP contribution is 2.45. The fourth-order valence-electron chi connectivity index (χ4n) is 9.06. The van der Waals surface area contributed by atoms with Crippen LogP contribution in [0.2, 0.25) is 5.02 Å². The number of aryl methyl sites for hydroxylation is 1. The van der Waals surface area contributed by atoms with Crippen molar-refractivity contribution in [2.45, 2.75) is 54.3 Å². The van der Waals surface area contributed by atoms with Gasteiger partial charge in [-0.15, -0.1) is 11.8 Å². The zero-order valence-electron chi connectivity index (χ0n) is 37.7. The molecule has 0 spiro atoms. The molecular formula is C51H54ClF3N6O5S2. The Hall–Kier alpha value is -5.65. The molecule has 0 radical (unpaired) electrons. The van der Waals surface area contributed by atoms with Gasteiger partial charge in [0.25, 0.3) is 10.0 Å². The van der Waals surface area contributed by atoms with Crippen molar-refractivity contribution in [3.8, 4) is 22.4 Å². The summed E-state index contributed by atoms with van der Waals surface area (Å²) in [5.41, 5.74) is 2.47. The first-order valence-electron chi connectivity index (χ1n) is 22.5. The van der Waals surface area contributed by atoms with Crippen LogP contribution in [0.5, 0.6) is 0 Å². The molecule has 2 aliphatic heterocycles. The highest BCUT2D eigenvalue weighted by molar-refractivity contribution is 7.99. The molecule has 0 saturated carbocycles. The smallest absolute Gasteiger partial charge is 0.432 e. The monoisotopic (exact) mass is 986 g/mol. The summed E-state index contributed by atoms with van der Waals surface area (Å²) in [5, 5.41) is 24.3. The summed E-state index contributed by atoms with van der Waals surface area (Å²) in [6, 6.07) is 35.9. The van der Waals surface area contributed by atoms with Gasteiger partial charge < -0.3 is 34.8 Å². The van der Waals surface area contributed by atoms with Crippen LogP contribution in [0, 0.1) is 6.92 Å². The number of carboxylic acid groups (broad SMARTS) is 1. The molecular weight excluding hydrogens is 933 g/mol. The van der Waals surface area contributed by atoms with E-state index in [0.29, 0.717) is 48.0 Å². The van der Waals surface area contributed by atoms with Crippen molar-refractivity contribution in [1.29, 1.82) is 0 Å². The number of aliphatic hydroxyl groups is 1. The lowest BCUT2D eigenvalue weighted by Gasteiger charge is -2.37. The normalized spacial score (nSPS) is 15.6. The lowest BCUT2D eigenvalue weighted by molar-refractivity contribution is -0.143. The standard InChI is InChI=1S/C51H54ClF3N6O5S2/c1-34-31-44(19-20-45(34)56-39(33-67-43-9-4-3-5-10-43)21-24-59-25-22-42(62)23-26-59)68(65,66)57-38-15-17-40(18-16-38)60-27-29-61(30-28-60)41-8-6-7-36(32-41)46-47(50(63)64)49(51(53,54)55)58(2)48(46)35-11-13-37(52)14-12-35/h3-20,31-32,39,42,56-57,62H,21-30,33H2,1-2H3,(H,63,64)/t39-/m1/s1. The Morgan fingerprint density at radius 3 is 2.12 bits per heavy atom. The molecule has 0 aliphatic carbocycles. The van der Waals surface area contributed by atoms with Crippen molar-refractivity contribution in [3.63, 3.8) is 0 Å². The van der Waals surface area contributed by atoms with Crippen molar-refractivity contribution in [3.05, 3.63) is 143 Å². The number of nitrogens with zero attached hydrogens (tertiary/aromatic N) is 4. The molecule has 0 unspecified atom stereocenters. The SMILES string of the molecule is Cc1cc(S(=O)(=O)Nc2ccc(N3CCN(c4cccc(-c5c(C(=O)O)c(C(F)(F)F)n(C)c5-c5ccc(Cl)cc5)c4)CC3)cc2)ccc1N[C@H](CCN1CCC(O)CC1)CSc1ccccc1. The van der Waals surface area contributed by atoms with Crippen LogP contribution >= 0.6 is 23.4 Å². The number of anilines is 4. The lowest BCUT2D eigenvalue weighted by Crippen LogP contribution is -2.46. The Labute approximate surface area is 404 Å². The molecule has 8 rings (SSSR count). The molecule has 2 fully saturated rings. The van der Waals surface area contributed by atoms with Crippen LogP contribution in [-0.2, 0) is 23.2 Å². The molecule has 5 aromatic carbocycles. The fourth-order valence-corrected chi connectivity index (χ4v) is 11.3. The number of rotatable bonds is 16. The maximum absolute atomic E-state index is 14.5. The van der Waals surface area contributed by atoms with Gasteiger partial charge in [0.1, 0.15) is 5.69 Å². The van der Waals surface area contributed by atoms with Crippen LogP contribution in [0.1, 0.15) is 40.9 Å². The van der Waals surface area contributed by atoms with E-state index in [-0.39, 0.29) is 28.3 Å². The average Bonchev–Trinajstić information content (AvgIpc) is 3.65. The number of hydrogen-bond donors (Lipinski definition) is 4. The predicted octanol–water partition coefficient (Wildman–Crippen LogP) is 10.6. The predicted molar refractivity (Wildman–Crippen MR) is 267 cm³/mol. The van der Waals surface area contributed by atoms with Crippen LogP contribution in [0.25, 0.3) is 22.4 Å². The number of alkyl halides is 3. The quantitative estimate of drug-likeness (QED) is 0.0696. The molecule has 1 atom stereocenters. The summed E-state index contributed by atoms with van der Waals surface area (Å²) in [4.78, 5) is 20.6. The highest BCUT2D eigenvalue weighted by Gasteiger charge is 2.43. The minimum absolute atomic E-state index is 0.0321. The minimum atomic E-state index is -4.93. The Bertz CT molecular complexity index is 2820. The minimum Gasteiger partial charge on any atom is -0.478 e. The van der Waals surface area contributed by atoms with Crippen molar-refractivity contribution in [2.24, 2.45) is 7.05 Å². The maximum atomic E-state index is 14.5. The first kappa shape index (κ1) is 48.8.